The van der Waals surface area contributed by atoms with E-state index in [1.807, 2.05) is 34.6 Å². The van der Waals surface area contributed by atoms with Crippen LogP contribution in [0.2, 0.25) is 0 Å². The molecule has 3 rings (SSSR count). The van der Waals surface area contributed by atoms with Gasteiger partial charge in [0.25, 0.3) is 5.56 Å². The molecule has 0 aliphatic heterocycles. The van der Waals surface area contributed by atoms with Crippen LogP contribution in [0.1, 0.15) is 37.8 Å². The van der Waals surface area contributed by atoms with Crippen LogP contribution in [0.4, 0.5) is 5.95 Å². The van der Waals surface area contributed by atoms with Crippen molar-refractivity contribution in [3.8, 4) is 0 Å². The average Bonchev–Trinajstić information content (AvgIpc) is 3.01. The fourth-order valence-electron chi connectivity index (χ4n) is 2.42. The second-order valence-corrected chi connectivity index (χ2v) is 6.54. The lowest BCUT2D eigenvalue weighted by molar-refractivity contribution is 0.366. The van der Waals surface area contributed by atoms with Gasteiger partial charge in [0, 0.05) is 12.1 Å². The van der Waals surface area contributed by atoms with Crippen LogP contribution in [-0.2, 0) is 12.1 Å². The molecule has 0 saturated heterocycles. The van der Waals surface area contributed by atoms with Crippen molar-refractivity contribution in [1.29, 1.82) is 0 Å². The van der Waals surface area contributed by atoms with Crippen molar-refractivity contribution in [3.05, 3.63) is 33.6 Å². The van der Waals surface area contributed by atoms with Gasteiger partial charge in [0.1, 0.15) is 11.1 Å². The molecule has 8 heteroatoms. The third-order valence-corrected chi connectivity index (χ3v) is 3.69. The Hall–Kier alpha value is -2.64. The van der Waals surface area contributed by atoms with Gasteiger partial charge in [-0.05, 0) is 34.6 Å². The zero-order chi connectivity index (χ0) is 16.8. The van der Waals surface area contributed by atoms with E-state index in [4.69, 9.17) is 4.52 Å². The molecule has 0 atom stereocenters. The number of aromatic amines is 1. The Morgan fingerprint density at radius 1 is 1.35 bits per heavy atom. The van der Waals surface area contributed by atoms with Gasteiger partial charge in [-0.15, -0.1) is 0 Å². The van der Waals surface area contributed by atoms with Crippen LogP contribution in [0.5, 0.6) is 0 Å². The van der Waals surface area contributed by atoms with Crippen LogP contribution in [0, 0.1) is 13.8 Å². The normalized spacial score (nSPS) is 12.0. The van der Waals surface area contributed by atoms with Crippen molar-refractivity contribution >= 4 is 17.0 Å². The number of aromatic nitrogens is 5. The molecule has 0 radical (unpaired) electrons. The van der Waals surface area contributed by atoms with Gasteiger partial charge in [0.05, 0.1) is 17.4 Å². The molecule has 3 aromatic rings. The minimum absolute atomic E-state index is 0.216. The molecule has 0 unspecified atom stereocenters. The zero-order valence-corrected chi connectivity index (χ0v) is 13.9. The summed E-state index contributed by atoms with van der Waals surface area (Å²) in [4.78, 5) is 19.5. The molecule has 122 valence electrons. The highest BCUT2D eigenvalue weighted by atomic mass is 16.5. The molecule has 0 bridgehead atoms. The molecule has 0 amide bonds. The standard InChI is InChI=1S/C15H20N6O2/c1-8-10(9(2)23-20-8)6-16-14-18-12-11(13(22)19-14)7-17-21(12)15(3,4)5/h7H,6H2,1-5H3,(H2,16,18,19,22). The van der Waals surface area contributed by atoms with Crippen molar-refractivity contribution in [2.24, 2.45) is 0 Å². The lowest BCUT2D eigenvalue weighted by Gasteiger charge is -2.19. The van der Waals surface area contributed by atoms with Crippen molar-refractivity contribution in [2.75, 3.05) is 5.32 Å². The number of H-pyrrole nitrogens is 1. The van der Waals surface area contributed by atoms with E-state index in [1.165, 1.54) is 0 Å². The molecule has 0 fully saturated rings. The maximum atomic E-state index is 12.2. The Balaban J connectivity index is 1.97. The van der Waals surface area contributed by atoms with Crippen molar-refractivity contribution in [1.82, 2.24) is 24.9 Å². The first kappa shape index (κ1) is 15.3. The lowest BCUT2D eigenvalue weighted by Crippen LogP contribution is -2.24. The van der Waals surface area contributed by atoms with Crippen LogP contribution < -0.4 is 10.9 Å². The van der Waals surface area contributed by atoms with Crippen molar-refractivity contribution in [2.45, 2.75) is 46.7 Å². The highest BCUT2D eigenvalue weighted by molar-refractivity contribution is 5.74. The minimum Gasteiger partial charge on any atom is -0.361 e. The first-order valence-electron chi connectivity index (χ1n) is 7.41. The molecule has 0 aliphatic rings. The van der Waals surface area contributed by atoms with E-state index in [-0.39, 0.29) is 11.1 Å². The van der Waals surface area contributed by atoms with Crippen LogP contribution >= 0.6 is 0 Å². The van der Waals surface area contributed by atoms with Gasteiger partial charge in [0.2, 0.25) is 5.95 Å². The van der Waals surface area contributed by atoms with Crippen molar-refractivity contribution < 1.29 is 4.52 Å². The molecule has 3 aromatic heterocycles. The third-order valence-electron chi connectivity index (χ3n) is 3.69. The van der Waals surface area contributed by atoms with Crippen LogP contribution in [-0.4, -0.2) is 24.9 Å². The van der Waals surface area contributed by atoms with Crippen LogP contribution in [0.25, 0.3) is 11.0 Å². The highest BCUT2D eigenvalue weighted by Crippen LogP contribution is 2.19. The topological polar surface area (TPSA) is 102 Å². The molecular formula is C15H20N6O2. The Labute approximate surface area is 132 Å². The summed E-state index contributed by atoms with van der Waals surface area (Å²) in [6, 6.07) is 0. The SMILES string of the molecule is Cc1noc(C)c1CNc1nc2c(cnn2C(C)(C)C)c(=O)[nH]1. The molecule has 3 heterocycles. The number of rotatable bonds is 3. The molecule has 0 aromatic carbocycles. The summed E-state index contributed by atoms with van der Waals surface area (Å²) in [7, 11) is 0. The zero-order valence-electron chi connectivity index (χ0n) is 13.9. The maximum absolute atomic E-state index is 12.2. The summed E-state index contributed by atoms with van der Waals surface area (Å²) >= 11 is 0. The molecule has 2 N–H and O–H groups in total. The van der Waals surface area contributed by atoms with E-state index < -0.39 is 0 Å². The number of anilines is 1. The molecule has 0 spiro atoms. The quantitative estimate of drug-likeness (QED) is 0.767. The Morgan fingerprint density at radius 2 is 2.09 bits per heavy atom. The van der Waals surface area contributed by atoms with Crippen LogP contribution in [0.15, 0.2) is 15.5 Å². The molecule has 0 saturated carbocycles. The van der Waals surface area contributed by atoms with Crippen molar-refractivity contribution in [3.63, 3.8) is 0 Å². The summed E-state index contributed by atoms with van der Waals surface area (Å²) in [5.41, 5.74) is 1.85. The van der Waals surface area contributed by atoms with E-state index in [0.29, 0.717) is 23.5 Å². The Morgan fingerprint density at radius 3 is 2.70 bits per heavy atom. The number of hydrogen-bond acceptors (Lipinski definition) is 6. The predicted molar refractivity (Wildman–Crippen MR) is 86.4 cm³/mol. The minimum atomic E-state index is -0.262. The first-order chi connectivity index (χ1) is 10.8. The van der Waals surface area contributed by atoms with E-state index in [9.17, 15) is 4.79 Å². The largest absolute Gasteiger partial charge is 0.361 e. The van der Waals surface area contributed by atoms with Gasteiger partial charge < -0.3 is 9.84 Å². The number of nitrogens with one attached hydrogen (secondary N) is 2. The fourth-order valence-corrected chi connectivity index (χ4v) is 2.42. The third kappa shape index (κ3) is 2.71. The van der Waals surface area contributed by atoms with E-state index in [2.05, 4.69) is 25.5 Å². The van der Waals surface area contributed by atoms with Gasteiger partial charge >= 0.3 is 0 Å². The maximum Gasteiger partial charge on any atom is 0.263 e. The molecule has 23 heavy (non-hydrogen) atoms. The van der Waals surface area contributed by atoms with Gasteiger partial charge in [-0.1, -0.05) is 5.16 Å². The van der Waals surface area contributed by atoms with E-state index in [1.54, 1.807) is 10.9 Å². The number of nitrogens with zero attached hydrogens (tertiary/aromatic N) is 4. The summed E-state index contributed by atoms with van der Waals surface area (Å²) in [5.74, 6) is 1.15. The summed E-state index contributed by atoms with van der Waals surface area (Å²) in [6.07, 6.45) is 1.55. The summed E-state index contributed by atoms with van der Waals surface area (Å²) in [6.45, 7) is 10.2. The number of fused-ring (bicyclic) bond motifs is 1. The summed E-state index contributed by atoms with van der Waals surface area (Å²) < 4.78 is 6.88. The van der Waals surface area contributed by atoms with E-state index in [0.717, 1.165) is 17.0 Å². The Kier molecular flexibility index (Phi) is 3.46. The molecule has 8 nitrogen and oxygen atoms in total. The second-order valence-electron chi connectivity index (χ2n) is 6.54. The summed E-state index contributed by atoms with van der Waals surface area (Å²) in [5, 5.41) is 11.8. The van der Waals surface area contributed by atoms with Gasteiger partial charge in [0.15, 0.2) is 5.65 Å². The van der Waals surface area contributed by atoms with Gasteiger partial charge in [-0.25, -0.2) is 4.68 Å². The number of hydrogen-bond donors (Lipinski definition) is 2. The highest BCUT2D eigenvalue weighted by Gasteiger charge is 2.20. The predicted octanol–water partition coefficient (Wildman–Crippen LogP) is 2.09. The second kappa shape index (κ2) is 5.22. The smallest absolute Gasteiger partial charge is 0.263 e. The Bertz CT molecular complexity index is 893. The fraction of sp³-hybridized carbons (Fsp3) is 0.467. The first-order valence-corrected chi connectivity index (χ1v) is 7.41. The molecule has 0 aliphatic carbocycles. The molecular weight excluding hydrogens is 296 g/mol. The van der Waals surface area contributed by atoms with Gasteiger partial charge in [-0.2, -0.15) is 10.1 Å². The van der Waals surface area contributed by atoms with Gasteiger partial charge in [-0.3, -0.25) is 9.78 Å². The average molecular weight is 316 g/mol. The lowest BCUT2D eigenvalue weighted by atomic mass is 10.1. The number of aryl methyl sites for hydroxylation is 2. The van der Waals surface area contributed by atoms with Crippen LogP contribution in [0.3, 0.4) is 0 Å². The monoisotopic (exact) mass is 316 g/mol. The van der Waals surface area contributed by atoms with E-state index >= 15 is 0 Å².